The Morgan fingerprint density at radius 2 is 2.21 bits per heavy atom. The maximum atomic E-state index is 14.4. The van der Waals surface area contributed by atoms with Crippen LogP contribution in [0.15, 0.2) is 18.2 Å². The van der Waals surface area contributed by atoms with E-state index in [-0.39, 0.29) is 25.7 Å². The number of hydrogen-bond donors (Lipinski definition) is 4. The van der Waals surface area contributed by atoms with E-state index in [0.29, 0.717) is 55.7 Å². The Morgan fingerprint density at radius 1 is 1.39 bits per heavy atom. The Labute approximate surface area is 193 Å². The second-order valence-electron chi connectivity index (χ2n) is 8.08. The molecule has 1 aliphatic heterocycles. The number of anilines is 3. The molecule has 0 spiro atoms. The highest BCUT2D eigenvalue weighted by Crippen LogP contribution is 2.27. The summed E-state index contributed by atoms with van der Waals surface area (Å²) in [4.78, 5) is 11.1. The lowest BCUT2D eigenvalue weighted by Crippen LogP contribution is -2.44. The minimum absolute atomic E-state index is 0.00539. The van der Waals surface area contributed by atoms with Gasteiger partial charge in [0.25, 0.3) is 0 Å². The first-order chi connectivity index (χ1) is 15.9. The fraction of sp³-hybridized carbons (Fsp3) is 0.522. The number of alkyl halides is 1. The number of nitrogens with zero attached hydrogens (tertiary/aromatic N) is 3. The number of halogens is 1. The van der Waals surface area contributed by atoms with Gasteiger partial charge in [0.15, 0.2) is 0 Å². The van der Waals surface area contributed by atoms with Crippen LogP contribution in [0.25, 0.3) is 0 Å². The summed E-state index contributed by atoms with van der Waals surface area (Å²) in [6.45, 7) is 6.07. The molecule has 0 saturated carbocycles. The molecule has 1 aromatic heterocycles. The maximum absolute atomic E-state index is 14.4. The van der Waals surface area contributed by atoms with Crippen LogP contribution in [-0.4, -0.2) is 79.6 Å². The Balaban J connectivity index is 1.81. The van der Waals surface area contributed by atoms with Crippen molar-refractivity contribution < 1.29 is 19.0 Å². The monoisotopic (exact) mass is 460 g/mol. The molecule has 0 bridgehead atoms. The minimum Gasteiger partial charge on any atom is -0.394 e. The quantitative estimate of drug-likeness (QED) is 0.296. The summed E-state index contributed by atoms with van der Waals surface area (Å²) < 4.78 is 25.2. The van der Waals surface area contributed by atoms with E-state index in [0.717, 1.165) is 16.9 Å². The molecule has 0 amide bonds. The van der Waals surface area contributed by atoms with Gasteiger partial charge in [0.05, 0.1) is 32.5 Å². The average Bonchev–Trinajstić information content (AvgIpc) is 2.81. The Kier molecular flexibility index (Phi) is 9.07. The van der Waals surface area contributed by atoms with Gasteiger partial charge in [-0.1, -0.05) is 0 Å². The van der Waals surface area contributed by atoms with Crippen molar-refractivity contribution in [2.45, 2.75) is 32.5 Å². The Morgan fingerprint density at radius 3 is 2.94 bits per heavy atom. The van der Waals surface area contributed by atoms with Crippen LogP contribution in [0.3, 0.4) is 0 Å². The van der Waals surface area contributed by atoms with E-state index >= 15 is 0 Å². The highest BCUT2D eigenvalue weighted by Gasteiger charge is 2.22. The number of aryl methyl sites for hydroxylation is 2. The van der Waals surface area contributed by atoms with Gasteiger partial charge in [-0.3, -0.25) is 0 Å². The summed E-state index contributed by atoms with van der Waals surface area (Å²) >= 11 is 0. The molecule has 180 valence electrons. The van der Waals surface area contributed by atoms with Gasteiger partial charge >= 0.3 is 0 Å². The highest BCUT2D eigenvalue weighted by molar-refractivity contribution is 5.88. The van der Waals surface area contributed by atoms with Crippen molar-refractivity contribution in [1.29, 1.82) is 5.41 Å². The van der Waals surface area contributed by atoms with Gasteiger partial charge in [-0.15, -0.1) is 0 Å². The van der Waals surface area contributed by atoms with Gasteiger partial charge in [0, 0.05) is 49.6 Å². The van der Waals surface area contributed by atoms with Gasteiger partial charge in [-0.2, -0.15) is 0 Å². The molecule has 10 heteroatoms. The number of hydrogen-bond acceptors (Lipinski definition) is 9. The molecule has 2 heterocycles. The largest absolute Gasteiger partial charge is 0.394 e. The van der Waals surface area contributed by atoms with Gasteiger partial charge in [-0.05, 0) is 37.1 Å². The summed E-state index contributed by atoms with van der Waals surface area (Å²) in [5.41, 5.74) is 8.47. The predicted molar refractivity (Wildman–Crippen MR) is 127 cm³/mol. The summed E-state index contributed by atoms with van der Waals surface area (Å²) in [5, 5.41) is 20.5. The van der Waals surface area contributed by atoms with Crippen molar-refractivity contribution >= 4 is 23.5 Å². The lowest BCUT2D eigenvalue weighted by molar-refractivity contribution is 0.00335. The van der Waals surface area contributed by atoms with Gasteiger partial charge in [0.1, 0.15) is 23.6 Å². The molecular weight excluding hydrogens is 427 g/mol. The van der Waals surface area contributed by atoms with E-state index in [2.05, 4.69) is 20.2 Å². The third-order valence-corrected chi connectivity index (χ3v) is 5.42. The lowest BCUT2D eigenvalue weighted by Gasteiger charge is -2.33. The molecule has 1 fully saturated rings. The van der Waals surface area contributed by atoms with Gasteiger partial charge in [-0.25, -0.2) is 14.4 Å². The number of aromatic nitrogens is 2. The molecule has 2 unspecified atom stereocenters. The summed E-state index contributed by atoms with van der Waals surface area (Å²) in [6, 6.07) is 5.55. The zero-order valence-electron chi connectivity index (χ0n) is 19.2. The molecule has 5 N–H and O–H groups in total. The summed E-state index contributed by atoms with van der Waals surface area (Å²) in [6.07, 6.45) is 0.0621. The highest BCUT2D eigenvalue weighted by atomic mass is 19.1. The first-order valence-corrected chi connectivity index (χ1v) is 11.1. The fourth-order valence-electron chi connectivity index (χ4n) is 3.77. The molecule has 2 atom stereocenters. The number of ether oxygens (including phenoxy) is 2. The van der Waals surface area contributed by atoms with Crippen molar-refractivity contribution in [2.75, 3.05) is 56.3 Å². The smallest absolute Gasteiger partial charge is 0.136 e. The Hall–Kier alpha value is -2.66. The molecule has 0 aliphatic carbocycles. The van der Waals surface area contributed by atoms with Crippen LogP contribution in [-0.2, 0) is 15.9 Å². The van der Waals surface area contributed by atoms with Gasteiger partial charge < -0.3 is 35.9 Å². The van der Waals surface area contributed by atoms with Crippen molar-refractivity contribution in [3.63, 3.8) is 0 Å². The molecular formula is C23H33FN6O3. The molecule has 9 nitrogen and oxygen atoms in total. The van der Waals surface area contributed by atoms with Crippen LogP contribution in [0, 0.1) is 19.3 Å². The number of benzene rings is 1. The predicted octanol–water partition coefficient (Wildman–Crippen LogP) is 1.89. The summed E-state index contributed by atoms with van der Waals surface area (Å²) in [7, 11) is 0. The SMILES string of the molecule is Cc1nc(Nc2cc(CC(F)COCCN)c(C)cc2C=N)cc(N2CCOC(CO)C2)n1. The second-order valence-corrected chi connectivity index (χ2v) is 8.08. The van der Waals surface area contributed by atoms with Crippen LogP contribution < -0.4 is 16.0 Å². The maximum Gasteiger partial charge on any atom is 0.136 e. The number of nitrogens with two attached hydrogens (primary N) is 1. The van der Waals surface area contributed by atoms with E-state index in [9.17, 15) is 9.50 Å². The molecule has 0 radical (unpaired) electrons. The third kappa shape index (κ3) is 6.91. The van der Waals surface area contributed by atoms with Crippen LogP contribution in [0.2, 0.25) is 0 Å². The molecule has 3 rings (SSSR count). The zero-order chi connectivity index (χ0) is 23.8. The molecule has 1 saturated heterocycles. The molecule has 2 aromatic rings. The fourth-order valence-corrected chi connectivity index (χ4v) is 3.77. The Bertz CT molecular complexity index is 945. The number of nitrogens with one attached hydrogen (secondary N) is 2. The minimum atomic E-state index is -1.15. The second kappa shape index (κ2) is 12.0. The number of aliphatic hydroxyl groups is 1. The molecule has 33 heavy (non-hydrogen) atoms. The van der Waals surface area contributed by atoms with Crippen LogP contribution in [0.4, 0.5) is 21.7 Å². The number of aliphatic hydroxyl groups excluding tert-OH is 1. The first kappa shape index (κ1) is 25.0. The van der Waals surface area contributed by atoms with E-state index < -0.39 is 6.17 Å². The van der Waals surface area contributed by atoms with E-state index in [4.69, 9.17) is 20.6 Å². The van der Waals surface area contributed by atoms with Gasteiger partial charge in [0.2, 0.25) is 0 Å². The zero-order valence-corrected chi connectivity index (χ0v) is 19.2. The average molecular weight is 461 g/mol. The van der Waals surface area contributed by atoms with E-state index in [1.54, 1.807) is 0 Å². The van der Waals surface area contributed by atoms with E-state index in [1.165, 1.54) is 6.21 Å². The number of rotatable bonds is 11. The van der Waals surface area contributed by atoms with Crippen molar-refractivity contribution in [3.8, 4) is 0 Å². The number of morpholine rings is 1. The molecule has 1 aliphatic rings. The molecule has 1 aromatic carbocycles. The van der Waals surface area contributed by atoms with Crippen LogP contribution in [0.1, 0.15) is 22.5 Å². The lowest BCUT2D eigenvalue weighted by atomic mass is 9.99. The topological polar surface area (TPSA) is 130 Å². The summed E-state index contributed by atoms with van der Waals surface area (Å²) in [5.74, 6) is 1.90. The third-order valence-electron chi connectivity index (χ3n) is 5.42. The van der Waals surface area contributed by atoms with Crippen LogP contribution in [0.5, 0.6) is 0 Å². The van der Waals surface area contributed by atoms with Crippen molar-refractivity contribution in [1.82, 2.24) is 9.97 Å². The van der Waals surface area contributed by atoms with Crippen molar-refractivity contribution in [3.05, 3.63) is 40.7 Å². The normalized spacial score (nSPS) is 17.1. The van der Waals surface area contributed by atoms with E-state index in [1.807, 2.05) is 32.0 Å². The first-order valence-electron chi connectivity index (χ1n) is 11.1. The van der Waals surface area contributed by atoms with Crippen molar-refractivity contribution in [2.24, 2.45) is 5.73 Å². The van der Waals surface area contributed by atoms with Crippen LogP contribution >= 0.6 is 0 Å². The standard InChI is InChI=1S/C23H33FN6O3/c1-15-7-18(11-26)21(9-17(15)8-19(24)14-32-5-3-25)29-22-10-23(28-16(2)27-22)30-4-6-33-20(12-30)13-31/h7,9-11,19-20,26,31H,3-6,8,12-14,25H2,1-2H3,(H,27,28,29).